The smallest absolute Gasteiger partial charge is 0.251 e. The molecule has 1 aliphatic rings. The van der Waals surface area contributed by atoms with Crippen molar-refractivity contribution in [3.63, 3.8) is 0 Å². The highest BCUT2D eigenvalue weighted by Crippen LogP contribution is 2.42. The minimum atomic E-state index is -3.54. The normalized spacial score (nSPS) is 15.0. The van der Waals surface area contributed by atoms with Gasteiger partial charge in [0, 0.05) is 28.2 Å². The van der Waals surface area contributed by atoms with Gasteiger partial charge in [-0.15, -0.1) is 11.8 Å². The largest absolute Gasteiger partial charge is 0.366 e. The van der Waals surface area contributed by atoms with Crippen molar-refractivity contribution < 1.29 is 13.2 Å². The van der Waals surface area contributed by atoms with Crippen molar-refractivity contribution in [1.29, 1.82) is 0 Å². The fourth-order valence-electron chi connectivity index (χ4n) is 3.82. The number of aromatic nitrogens is 2. The van der Waals surface area contributed by atoms with Gasteiger partial charge in [0.15, 0.2) is 0 Å². The van der Waals surface area contributed by atoms with Crippen LogP contribution in [0.3, 0.4) is 0 Å². The van der Waals surface area contributed by atoms with E-state index in [1.54, 1.807) is 44.7 Å². The molecule has 3 N–H and O–H groups in total. The van der Waals surface area contributed by atoms with Gasteiger partial charge in [-0.25, -0.2) is 13.4 Å². The van der Waals surface area contributed by atoms with Crippen LogP contribution in [0.5, 0.6) is 0 Å². The maximum absolute atomic E-state index is 12.6. The lowest BCUT2D eigenvalue weighted by Gasteiger charge is -2.30. The van der Waals surface area contributed by atoms with Crippen LogP contribution in [0.4, 0.5) is 5.69 Å². The molecule has 1 saturated carbocycles. The standard InChI is InChI=1S/C23H28N4O3S2/c1-23(2,3)32(29,30)26-15-10-8-14(9-11-15)20-19(21(24)28)18-12-17(31-4)13-25-22(18)27(20)16-6-5-7-16/h8-13,16,26H,5-7H2,1-4H3,(H2,24,28). The van der Waals surface area contributed by atoms with Gasteiger partial charge in [0.2, 0.25) is 10.0 Å². The van der Waals surface area contributed by atoms with Gasteiger partial charge in [-0.05, 0) is 70.1 Å². The molecule has 2 heterocycles. The molecule has 1 amide bonds. The van der Waals surface area contributed by atoms with Gasteiger partial charge in [-0.1, -0.05) is 12.1 Å². The first-order valence-corrected chi connectivity index (χ1v) is 13.2. The lowest BCUT2D eigenvalue weighted by molar-refractivity contribution is 0.100. The average Bonchev–Trinajstić information content (AvgIpc) is 3.00. The topological polar surface area (TPSA) is 107 Å². The quantitative estimate of drug-likeness (QED) is 0.502. The minimum Gasteiger partial charge on any atom is -0.366 e. The fourth-order valence-corrected chi connectivity index (χ4v) is 4.96. The van der Waals surface area contributed by atoms with Gasteiger partial charge in [0.25, 0.3) is 5.91 Å². The second-order valence-corrected chi connectivity index (χ2v) is 12.4. The molecule has 0 aliphatic heterocycles. The fraction of sp³-hybridized carbons (Fsp3) is 0.391. The first-order valence-electron chi connectivity index (χ1n) is 10.5. The van der Waals surface area contributed by atoms with Gasteiger partial charge < -0.3 is 10.3 Å². The molecule has 1 aliphatic carbocycles. The molecule has 0 saturated heterocycles. The van der Waals surface area contributed by atoms with Crippen molar-refractivity contribution in [2.45, 2.75) is 55.7 Å². The number of amides is 1. The molecule has 32 heavy (non-hydrogen) atoms. The molecule has 9 heteroatoms. The van der Waals surface area contributed by atoms with Crippen molar-refractivity contribution in [3.05, 3.63) is 42.1 Å². The van der Waals surface area contributed by atoms with Crippen LogP contribution in [0, 0.1) is 0 Å². The van der Waals surface area contributed by atoms with Crippen LogP contribution in [0.2, 0.25) is 0 Å². The number of nitrogens with zero attached hydrogens (tertiary/aromatic N) is 2. The third-order valence-corrected chi connectivity index (χ3v) is 8.77. The van der Waals surface area contributed by atoms with Crippen LogP contribution in [0.1, 0.15) is 56.4 Å². The number of rotatable bonds is 6. The first kappa shape index (κ1) is 22.7. The zero-order valence-corrected chi connectivity index (χ0v) is 20.3. The third-order valence-electron chi connectivity index (χ3n) is 5.96. The van der Waals surface area contributed by atoms with E-state index in [1.165, 1.54) is 0 Å². The summed E-state index contributed by atoms with van der Waals surface area (Å²) in [5.74, 6) is -0.499. The van der Waals surface area contributed by atoms with E-state index >= 15 is 0 Å². The molecule has 1 aromatic carbocycles. The molecule has 0 unspecified atom stereocenters. The van der Waals surface area contributed by atoms with Gasteiger partial charge >= 0.3 is 0 Å². The molecular weight excluding hydrogens is 444 g/mol. The summed E-state index contributed by atoms with van der Waals surface area (Å²) >= 11 is 1.56. The average molecular weight is 473 g/mol. The number of pyridine rings is 1. The predicted molar refractivity (Wildman–Crippen MR) is 131 cm³/mol. The number of hydrogen-bond donors (Lipinski definition) is 2. The molecule has 4 rings (SSSR count). The molecule has 0 spiro atoms. The Bertz CT molecular complexity index is 1290. The van der Waals surface area contributed by atoms with Gasteiger partial charge in [-0.2, -0.15) is 0 Å². The van der Waals surface area contributed by atoms with E-state index in [4.69, 9.17) is 5.73 Å². The van der Waals surface area contributed by atoms with Crippen molar-refractivity contribution >= 4 is 44.4 Å². The summed E-state index contributed by atoms with van der Waals surface area (Å²) in [4.78, 5) is 18.2. The number of fused-ring (bicyclic) bond motifs is 1. The zero-order valence-electron chi connectivity index (χ0n) is 18.7. The lowest BCUT2D eigenvalue weighted by Crippen LogP contribution is -2.33. The number of carbonyl (C=O) groups is 1. The number of anilines is 1. The van der Waals surface area contributed by atoms with Crippen molar-refractivity contribution in [3.8, 4) is 11.3 Å². The number of sulfonamides is 1. The summed E-state index contributed by atoms with van der Waals surface area (Å²) in [6, 6.07) is 9.31. The maximum Gasteiger partial charge on any atom is 0.251 e. The number of hydrogen-bond acceptors (Lipinski definition) is 5. The summed E-state index contributed by atoms with van der Waals surface area (Å²) in [7, 11) is -3.54. The minimum absolute atomic E-state index is 0.257. The van der Waals surface area contributed by atoms with Crippen LogP contribution in [0.25, 0.3) is 22.3 Å². The highest BCUT2D eigenvalue weighted by molar-refractivity contribution is 7.98. The van der Waals surface area contributed by atoms with Gasteiger partial charge in [0.05, 0.1) is 16.0 Å². The Morgan fingerprint density at radius 2 is 1.88 bits per heavy atom. The molecule has 7 nitrogen and oxygen atoms in total. The van der Waals surface area contributed by atoms with Crippen molar-refractivity contribution in [1.82, 2.24) is 9.55 Å². The number of nitrogens with one attached hydrogen (secondary N) is 1. The predicted octanol–water partition coefficient (Wildman–Crippen LogP) is 4.79. The Hall–Kier alpha value is -2.52. The SMILES string of the molecule is CSc1cnc2c(c1)c(C(N)=O)c(-c1ccc(NS(=O)(=O)C(C)(C)C)cc1)n2C1CCC1. The van der Waals surface area contributed by atoms with E-state index in [1.807, 2.05) is 30.7 Å². The molecule has 0 atom stereocenters. The monoisotopic (exact) mass is 472 g/mol. The van der Waals surface area contributed by atoms with Crippen LogP contribution in [-0.4, -0.2) is 34.9 Å². The summed E-state index contributed by atoms with van der Waals surface area (Å²) in [5.41, 5.74) is 9.09. The molecule has 2 aromatic heterocycles. The van der Waals surface area contributed by atoms with E-state index in [-0.39, 0.29) is 6.04 Å². The van der Waals surface area contributed by atoms with E-state index in [9.17, 15) is 13.2 Å². The van der Waals surface area contributed by atoms with Crippen molar-refractivity contribution in [2.24, 2.45) is 5.73 Å². The third kappa shape index (κ3) is 3.88. The Morgan fingerprint density at radius 3 is 2.38 bits per heavy atom. The van der Waals surface area contributed by atoms with E-state index in [2.05, 4.69) is 14.3 Å². The van der Waals surface area contributed by atoms with Crippen molar-refractivity contribution in [2.75, 3.05) is 11.0 Å². The number of primary amides is 1. The summed E-state index contributed by atoms with van der Waals surface area (Å²) in [5, 5.41) is 0.753. The van der Waals surface area contributed by atoms with Crippen LogP contribution in [-0.2, 0) is 10.0 Å². The second kappa shape index (κ2) is 8.12. The van der Waals surface area contributed by atoms with E-state index in [0.29, 0.717) is 11.3 Å². The highest BCUT2D eigenvalue weighted by Gasteiger charge is 2.31. The zero-order chi connectivity index (χ0) is 23.3. The second-order valence-electron chi connectivity index (χ2n) is 9.08. The van der Waals surface area contributed by atoms with Gasteiger partial charge in [0.1, 0.15) is 5.65 Å². The number of thioether (sulfide) groups is 1. The van der Waals surface area contributed by atoms with Crippen LogP contribution >= 0.6 is 11.8 Å². The highest BCUT2D eigenvalue weighted by atomic mass is 32.2. The Balaban J connectivity index is 1.86. The molecule has 0 bridgehead atoms. The summed E-state index contributed by atoms with van der Waals surface area (Å²) in [6.45, 7) is 4.95. The Labute approximate surface area is 192 Å². The Morgan fingerprint density at radius 1 is 1.22 bits per heavy atom. The number of nitrogens with two attached hydrogens (primary N) is 1. The maximum atomic E-state index is 12.6. The van der Waals surface area contributed by atoms with Crippen LogP contribution < -0.4 is 10.5 Å². The Kier molecular flexibility index (Phi) is 5.75. The van der Waals surface area contributed by atoms with E-state index < -0.39 is 20.7 Å². The summed E-state index contributed by atoms with van der Waals surface area (Å²) in [6.07, 6.45) is 6.95. The molecule has 1 fully saturated rings. The molecular formula is C23H28N4O3S2. The van der Waals surface area contributed by atoms with Gasteiger partial charge in [-0.3, -0.25) is 9.52 Å². The molecule has 3 aromatic rings. The van der Waals surface area contributed by atoms with E-state index in [0.717, 1.165) is 46.4 Å². The molecule has 0 radical (unpaired) electrons. The first-order chi connectivity index (χ1) is 15.0. The van der Waals surface area contributed by atoms with Crippen LogP contribution in [0.15, 0.2) is 41.4 Å². The molecule has 170 valence electrons. The summed E-state index contributed by atoms with van der Waals surface area (Å²) < 4.78 is 28.8. The number of carbonyl (C=O) groups excluding carboxylic acids is 1. The number of benzene rings is 1. The lowest BCUT2D eigenvalue weighted by atomic mass is 9.92.